The van der Waals surface area contributed by atoms with E-state index >= 15 is 0 Å². The number of carbonyl (C=O) groups excluding carboxylic acids is 3. The van der Waals surface area contributed by atoms with Crippen LogP contribution in [-0.2, 0) is 22.6 Å². The molecule has 0 fully saturated rings. The van der Waals surface area contributed by atoms with Crippen molar-refractivity contribution in [3.8, 4) is 0 Å². The van der Waals surface area contributed by atoms with Gasteiger partial charge in [-0.1, -0.05) is 6.92 Å². The lowest BCUT2D eigenvalue weighted by molar-refractivity contribution is -0.136. The van der Waals surface area contributed by atoms with Gasteiger partial charge in [-0.2, -0.15) is 0 Å². The van der Waals surface area contributed by atoms with Gasteiger partial charge in [-0.25, -0.2) is 0 Å². The van der Waals surface area contributed by atoms with Crippen LogP contribution in [0.15, 0.2) is 0 Å². The summed E-state index contributed by atoms with van der Waals surface area (Å²) in [4.78, 5) is 45.8. The second-order valence-corrected chi connectivity index (χ2v) is 8.14. The van der Waals surface area contributed by atoms with Crippen molar-refractivity contribution in [2.75, 3.05) is 45.7 Å². The molecule has 0 saturated heterocycles. The van der Waals surface area contributed by atoms with Crippen molar-refractivity contribution >= 4 is 34.1 Å². The van der Waals surface area contributed by atoms with Gasteiger partial charge in [-0.05, 0) is 32.5 Å². The lowest BCUT2D eigenvalue weighted by Gasteiger charge is -2.32. The standard InChI is InChI=1S/C18H26N4O3S/c1-6-19(3)11(2)16(24)22-8-7-12-13(9-22)26-18-15(12)17(25)20(4)10-14(23)21(18)5/h11H,6-10H2,1-5H3. The van der Waals surface area contributed by atoms with Crippen LogP contribution in [-0.4, -0.2) is 79.2 Å². The summed E-state index contributed by atoms with van der Waals surface area (Å²) in [5.74, 6) is -0.0881. The molecule has 0 radical (unpaired) electrons. The minimum atomic E-state index is -0.170. The number of hydrogen-bond donors (Lipinski definition) is 0. The van der Waals surface area contributed by atoms with E-state index < -0.39 is 0 Å². The Morgan fingerprint density at radius 2 is 1.96 bits per heavy atom. The first-order valence-corrected chi connectivity index (χ1v) is 9.73. The molecule has 0 N–H and O–H groups in total. The Kier molecular flexibility index (Phi) is 5.07. The van der Waals surface area contributed by atoms with Crippen molar-refractivity contribution in [3.05, 3.63) is 16.0 Å². The second-order valence-electron chi connectivity index (χ2n) is 7.06. The van der Waals surface area contributed by atoms with Crippen LogP contribution in [0.4, 0.5) is 5.00 Å². The van der Waals surface area contributed by atoms with Crippen LogP contribution < -0.4 is 4.90 Å². The highest BCUT2D eigenvalue weighted by Gasteiger charge is 2.36. The third-order valence-corrected chi connectivity index (χ3v) is 6.77. The van der Waals surface area contributed by atoms with E-state index in [0.29, 0.717) is 30.1 Å². The Morgan fingerprint density at radius 3 is 2.62 bits per heavy atom. The number of fused-ring (bicyclic) bond motifs is 3. The quantitative estimate of drug-likeness (QED) is 0.788. The minimum Gasteiger partial charge on any atom is -0.336 e. The fourth-order valence-electron chi connectivity index (χ4n) is 3.45. The molecule has 1 unspecified atom stereocenters. The van der Waals surface area contributed by atoms with E-state index in [2.05, 4.69) is 0 Å². The maximum absolute atomic E-state index is 12.8. The molecule has 3 rings (SSSR count). The Labute approximate surface area is 158 Å². The molecule has 0 saturated carbocycles. The SMILES string of the molecule is CCN(C)C(C)C(=O)N1CCc2c(sc3c2C(=O)N(C)CC(=O)N3C)C1. The molecule has 2 aliphatic rings. The van der Waals surface area contributed by atoms with E-state index in [1.54, 1.807) is 19.0 Å². The van der Waals surface area contributed by atoms with Gasteiger partial charge in [0.05, 0.1) is 18.2 Å². The average molecular weight is 378 g/mol. The molecule has 0 spiro atoms. The number of carbonyl (C=O) groups is 3. The Bertz CT molecular complexity index is 760. The molecule has 0 aliphatic carbocycles. The van der Waals surface area contributed by atoms with Crippen molar-refractivity contribution in [1.29, 1.82) is 0 Å². The lowest BCUT2D eigenvalue weighted by Crippen LogP contribution is -2.47. The molecule has 3 heterocycles. The summed E-state index contributed by atoms with van der Waals surface area (Å²) in [5.41, 5.74) is 1.65. The Hall–Kier alpha value is -1.93. The van der Waals surface area contributed by atoms with Crippen LogP contribution >= 0.6 is 11.3 Å². The molecule has 142 valence electrons. The average Bonchev–Trinajstić information content (AvgIpc) is 2.99. The molecule has 2 aliphatic heterocycles. The van der Waals surface area contributed by atoms with Gasteiger partial charge in [0.2, 0.25) is 11.8 Å². The summed E-state index contributed by atoms with van der Waals surface area (Å²) >= 11 is 1.47. The predicted molar refractivity (Wildman–Crippen MR) is 102 cm³/mol. The normalized spacial score (nSPS) is 18.8. The first kappa shape index (κ1) is 18.8. The third-order valence-electron chi connectivity index (χ3n) is 5.48. The smallest absolute Gasteiger partial charge is 0.257 e. The Balaban J connectivity index is 1.91. The second kappa shape index (κ2) is 7.00. The summed E-state index contributed by atoms with van der Waals surface area (Å²) in [6, 6.07) is -0.170. The monoisotopic (exact) mass is 378 g/mol. The summed E-state index contributed by atoms with van der Waals surface area (Å²) < 4.78 is 0. The van der Waals surface area contributed by atoms with Gasteiger partial charge in [0, 0.05) is 25.5 Å². The van der Waals surface area contributed by atoms with Gasteiger partial charge in [0.25, 0.3) is 5.91 Å². The van der Waals surface area contributed by atoms with Crippen LogP contribution in [0.25, 0.3) is 0 Å². The van der Waals surface area contributed by atoms with Gasteiger partial charge >= 0.3 is 0 Å². The number of amides is 3. The molecule has 0 aromatic carbocycles. The van der Waals surface area contributed by atoms with Crippen LogP contribution in [0.3, 0.4) is 0 Å². The van der Waals surface area contributed by atoms with E-state index in [1.807, 2.05) is 30.7 Å². The zero-order valence-corrected chi connectivity index (χ0v) is 16.9. The summed E-state index contributed by atoms with van der Waals surface area (Å²) in [6.45, 7) is 5.97. The van der Waals surface area contributed by atoms with Crippen molar-refractivity contribution in [1.82, 2.24) is 14.7 Å². The molecular formula is C18H26N4O3S. The van der Waals surface area contributed by atoms with E-state index in [4.69, 9.17) is 0 Å². The fraction of sp³-hybridized carbons (Fsp3) is 0.611. The van der Waals surface area contributed by atoms with E-state index in [9.17, 15) is 14.4 Å². The van der Waals surface area contributed by atoms with Crippen molar-refractivity contribution in [2.24, 2.45) is 0 Å². The number of nitrogens with zero attached hydrogens (tertiary/aromatic N) is 4. The molecule has 1 atom stereocenters. The summed E-state index contributed by atoms with van der Waals surface area (Å²) in [7, 11) is 5.32. The van der Waals surface area contributed by atoms with Crippen molar-refractivity contribution < 1.29 is 14.4 Å². The molecule has 1 aromatic heterocycles. The number of likely N-dealkylation sites (N-methyl/N-ethyl adjacent to an activating group) is 3. The number of anilines is 1. The zero-order valence-electron chi connectivity index (χ0n) is 16.0. The number of hydrogen-bond acceptors (Lipinski definition) is 5. The van der Waals surface area contributed by atoms with Crippen molar-refractivity contribution in [3.63, 3.8) is 0 Å². The van der Waals surface area contributed by atoms with Crippen LogP contribution in [0.1, 0.15) is 34.6 Å². The van der Waals surface area contributed by atoms with Gasteiger partial charge in [0.1, 0.15) is 11.5 Å². The first-order valence-electron chi connectivity index (χ1n) is 8.91. The van der Waals surface area contributed by atoms with Crippen LogP contribution in [0, 0.1) is 0 Å². The largest absolute Gasteiger partial charge is 0.336 e. The molecule has 1 aromatic rings. The molecule has 7 nitrogen and oxygen atoms in total. The minimum absolute atomic E-state index is 0.0932. The first-order chi connectivity index (χ1) is 12.3. The van der Waals surface area contributed by atoms with Gasteiger partial charge < -0.3 is 14.7 Å². The fourth-order valence-corrected chi connectivity index (χ4v) is 4.78. The molecule has 0 bridgehead atoms. The zero-order chi connectivity index (χ0) is 19.2. The highest BCUT2D eigenvalue weighted by atomic mass is 32.1. The topological polar surface area (TPSA) is 64.2 Å². The van der Waals surface area contributed by atoms with Crippen LogP contribution in [0.2, 0.25) is 0 Å². The van der Waals surface area contributed by atoms with E-state index in [0.717, 1.165) is 17.0 Å². The van der Waals surface area contributed by atoms with E-state index in [-0.39, 0.29) is 30.3 Å². The summed E-state index contributed by atoms with van der Waals surface area (Å²) in [5, 5.41) is 0.711. The number of thiophene rings is 1. The lowest BCUT2D eigenvalue weighted by atomic mass is 10.0. The van der Waals surface area contributed by atoms with Crippen molar-refractivity contribution in [2.45, 2.75) is 32.9 Å². The summed E-state index contributed by atoms with van der Waals surface area (Å²) in [6.07, 6.45) is 0.650. The highest BCUT2D eigenvalue weighted by Crippen LogP contribution is 2.40. The predicted octanol–water partition coefficient (Wildman–Crippen LogP) is 1.02. The molecule has 8 heteroatoms. The van der Waals surface area contributed by atoms with Gasteiger partial charge in [-0.15, -0.1) is 11.3 Å². The van der Waals surface area contributed by atoms with E-state index in [1.165, 1.54) is 16.2 Å². The molecule has 26 heavy (non-hydrogen) atoms. The molecular weight excluding hydrogens is 352 g/mol. The van der Waals surface area contributed by atoms with Crippen LogP contribution in [0.5, 0.6) is 0 Å². The highest BCUT2D eigenvalue weighted by molar-refractivity contribution is 7.17. The Morgan fingerprint density at radius 1 is 1.27 bits per heavy atom. The molecule has 3 amide bonds. The maximum Gasteiger partial charge on any atom is 0.257 e. The van der Waals surface area contributed by atoms with Gasteiger partial charge in [-0.3, -0.25) is 19.3 Å². The number of rotatable bonds is 3. The third kappa shape index (κ3) is 3.01. The maximum atomic E-state index is 12.8. The van der Waals surface area contributed by atoms with Gasteiger partial charge in [0.15, 0.2) is 0 Å².